The van der Waals surface area contributed by atoms with Crippen molar-refractivity contribution in [3.05, 3.63) is 50.4 Å². The molecule has 2 N–H and O–H groups in total. The van der Waals surface area contributed by atoms with Gasteiger partial charge in [-0.05, 0) is 30.3 Å². The third kappa shape index (κ3) is 3.19. The molecule has 94 valence electrons. The topological polar surface area (TPSA) is 26.0 Å². The van der Waals surface area contributed by atoms with Gasteiger partial charge in [-0.2, -0.15) is 0 Å². The van der Waals surface area contributed by atoms with E-state index in [2.05, 4.69) is 0 Å². The lowest BCUT2D eigenvalue weighted by molar-refractivity contribution is 1.41. The molecule has 0 spiro atoms. The molecule has 2 rings (SSSR count). The Labute approximate surface area is 129 Å². The van der Waals surface area contributed by atoms with Crippen LogP contribution in [0.5, 0.6) is 0 Å². The van der Waals surface area contributed by atoms with Crippen LogP contribution in [0.15, 0.2) is 40.1 Å². The van der Waals surface area contributed by atoms with Crippen molar-refractivity contribution in [2.75, 3.05) is 5.73 Å². The highest BCUT2D eigenvalue weighted by molar-refractivity contribution is 7.99. The first-order chi connectivity index (χ1) is 8.47. The van der Waals surface area contributed by atoms with Crippen LogP contribution in [-0.2, 0) is 0 Å². The second-order valence-corrected chi connectivity index (χ2v) is 6.22. The van der Waals surface area contributed by atoms with E-state index < -0.39 is 0 Å². The molecule has 0 aliphatic carbocycles. The molecule has 0 heterocycles. The fraction of sp³-hybridized carbons (Fsp3) is 0. The molecule has 2 aromatic carbocycles. The molecular formula is C12H7Cl4NS. The normalized spacial score (nSPS) is 10.7. The Bertz CT molecular complexity index is 601. The van der Waals surface area contributed by atoms with Crippen molar-refractivity contribution in [2.45, 2.75) is 9.79 Å². The lowest BCUT2D eigenvalue weighted by Crippen LogP contribution is -1.89. The third-order valence-electron chi connectivity index (χ3n) is 2.17. The Kier molecular flexibility index (Phi) is 4.57. The lowest BCUT2D eigenvalue weighted by atomic mass is 10.3. The molecule has 2 aromatic rings. The summed E-state index contributed by atoms with van der Waals surface area (Å²) in [6.07, 6.45) is 0. The molecule has 0 aromatic heterocycles. The van der Waals surface area contributed by atoms with Crippen molar-refractivity contribution in [2.24, 2.45) is 0 Å². The Morgan fingerprint density at radius 1 is 0.778 bits per heavy atom. The van der Waals surface area contributed by atoms with Crippen molar-refractivity contribution in [3.63, 3.8) is 0 Å². The number of hydrogen-bond acceptors (Lipinski definition) is 2. The van der Waals surface area contributed by atoms with Gasteiger partial charge in [-0.1, -0.05) is 58.2 Å². The summed E-state index contributed by atoms with van der Waals surface area (Å²) < 4.78 is 0. The fourth-order valence-electron chi connectivity index (χ4n) is 1.31. The molecule has 18 heavy (non-hydrogen) atoms. The van der Waals surface area contributed by atoms with Gasteiger partial charge in [0, 0.05) is 20.5 Å². The van der Waals surface area contributed by atoms with E-state index in [1.165, 1.54) is 11.8 Å². The average molecular weight is 339 g/mol. The number of nitrogens with two attached hydrogens (primary N) is 1. The van der Waals surface area contributed by atoms with Gasteiger partial charge < -0.3 is 5.73 Å². The van der Waals surface area contributed by atoms with E-state index in [1.54, 1.807) is 24.3 Å². The van der Waals surface area contributed by atoms with Gasteiger partial charge in [-0.15, -0.1) is 0 Å². The van der Waals surface area contributed by atoms with E-state index in [-0.39, 0.29) is 0 Å². The lowest BCUT2D eigenvalue weighted by Gasteiger charge is -2.08. The minimum absolute atomic E-state index is 0.431. The number of halogens is 4. The zero-order valence-corrected chi connectivity index (χ0v) is 12.7. The molecule has 0 amide bonds. The Morgan fingerprint density at radius 2 is 1.44 bits per heavy atom. The van der Waals surface area contributed by atoms with Gasteiger partial charge in [0.2, 0.25) is 0 Å². The van der Waals surface area contributed by atoms with Crippen molar-refractivity contribution in [1.82, 2.24) is 0 Å². The average Bonchev–Trinajstić information content (AvgIpc) is 2.29. The predicted octanol–water partition coefficient (Wildman–Crippen LogP) is 6.03. The van der Waals surface area contributed by atoms with E-state index in [9.17, 15) is 0 Å². The van der Waals surface area contributed by atoms with Gasteiger partial charge in [0.05, 0.1) is 15.1 Å². The van der Waals surface area contributed by atoms with Gasteiger partial charge in [0.25, 0.3) is 0 Å². The van der Waals surface area contributed by atoms with Crippen molar-refractivity contribution >= 4 is 63.9 Å². The standard InChI is InChI=1S/C12H7Cl4NS/c13-6-1-2-11(9(16)3-6)18-12-5-8(15)7(14)4-10(12)17/h1-5H,17H2. The third-order valence-corrected chi connectivity index (χ3v) is 4.70. The summed E-state index contributed by atoms with van der Waals surface area (Å²) in [5.41, 5.74) is 6.44. The van der Waals surface area contributed by atoms with E-state index in [0.717, 1.165) is 9.79 Å². The second kappa shape index (κ2) is 5.81. The van der Waals surface area contributed by atoms with Gasteiger partial charge in [-0.25, -0.2) is 0 Å². The Hall–Kier alpha value is -0.250. The van der Waals surface area contributed by atoms with Crippen LogP contribution in [0.4, 0.5) is 5.69 Å². The molecule has 0 saturated carbocycles. The largest absolute Gasteiger partial charge is 0.398 e. The summed E-state index contributed by atoms with van der Waals surface area (Å²) in [5.74, 6) is 0. The Balaban J connectivity index is 2.37. The van der Waals surface area contributed by atoms with Crippen molar-refractivity contribution < 1.29 is 0 Å². The molecule has 0 atom stereocenters. The SMILES string of the molecule is Nc1cc(Cl)c(Cl)cc1Sc1ccc(Cl)cc1Cl. The van der Waals surface area contributed by atoms with E-state index in [0.29, 0.717) is 25.8 Å². The minimum atomic E-state index is 0.431. The highest BCUT2D eigenvalue weighted by Crippen LogP contribution is 2.40. The van der Waals surface area contributed by atoms with Gasteiger partial charge >= 0.3 is 0 Å². The predicted molar refractivity (Wildman–Crippen MR) is 81.5 cm³/mol. The van der Waals surface area contributed by atoms with Crippen LogP contribution in [0.2, 0.25) is 20.1 Å². The first-order valence-electron chi connectivity index (χ1n) is 4.85. The zero-order valence-electron chi connectivity index (χ0n) is 8.88. The highest BCUT2D eigenvalue weighted by Gasteiger charge is 2.09. The summed E-state index contributed by atoms with van der Waals surface area (Å²) in [5, 5.41) is 2.05. The first-order valence-corrected chi connectivity index (χ1v) is 7.17. The van der Waals surface area contributed by atoms with E-state index in [1.807, 2.05) is 6.07 Å². The summed E-state index contributed by atoms with van der Waals surface area (Å²) >= 11 is 25.2. The monoisotopic (exact) mass is 337 g/mol. The van der Waals surface area contributed by atoms with E-state index in [4.69, 9.17) is 52.1 Å². The maximum atomic E-state index is 6.10. The van der Waals surface area contributed by atoms with Gasteiger partial charge in [-0.3, -0.25) is 0 Å². The van der Waals surface area contributed by atoms with Crippen LogP contribution in [-0.4, -0.2) is 0 Å². The number of benzene rings is 2. The number of nitrogen functional groups attached to an aromatic ring is 1. The fourth-order valence-corrected chi connectivity index (χ4v) is 3.12. The molecule has 0 unspecified atom stereocenters. The molecule has 0 saturated heterocycles. The summed E-state index contributed by atoms with van der Waals surface area (Å²) in [4.78, 5) is 1.65. The minimum Gasteiger partial charge on any atom is -0.398 e. The van der Waals surface area contributed by atoms with Crippen molar-refractivity contribution in [1.29, 1.82) is 0 Å². The zero-order chi connectivity index (χ0) is 13.3. The molecule has 0 aliphatic heterocycles. The maximum absolute atomic E-state index is 6.10. The highest BCUT2D eigenvalue weighted by atomic mass is 35.5. The van der Waals surface area contributed by atoms with Crippen LogP contribution in [0.25, 0.3) is 0 Å². The van der Waals surface area contributed by atoms with Crippen LogP contribution in [0.1, 0.15) is 0 Å². The van der Waals surface area contributed by atoms with Crippen LogP contribution < -0.4 is 5.73 Å². The van der Waals surface area contributed by atoms with Crippen LogP contribution in [0, 0.1) is 0 Å². The molecule has 0 radical (unpaired) electrons. The maximum Gasteiger partial charge on any atom is 0.0613 e. The molecule has 0 fully saturated rings. The van der Waals surface area contributed by atoms with E-state index >= 15 is 0 Å². The number of rotatable bonds is 2. The number of anilines is 1. The summed E-state index contributed by atoms with van der Waals surface area (Å²) in [6.45, 7) is 0. The van der Waals surface area contributed by atoms with Gasteiger partial charge in [0.1, 0.15) is 0 Å². The van der Waals surface area contributed by atoms with Crippen LogP contribution >= 0.6 is 58.2 Å². The molecule has 6 heteroatoms. The molecular weight excluding hydrogens is 332 g/mol. The Morgan fingerprint density at radius 3 is 2.11 bits per heavy atom. The molecule has 0 bridgehead atoms. The quantitative estimate of drug-likeness (QED) is 0.676. The summed E-state index contributed by atoms with van der Waals surface area (Å²) in [7, 11) is 0. The smallest absolute Gasteiger partial charge is 0.0613 e. The summed E-state index contributed by atoms with van der Waals surface area (Å²) in [6, 6.07) is 8.62. The first kappa shape index (κ1) is 14.2. The molecule has 0 aliphatic rings. The molecule has 1 nitrogen and oxygen atoms in total. The second-order valence-electron chi connectivity index (χ2n) is 3.48. The van der Waals surface area contributed by atoms with Crippen LogP contribution in [0.3, 0.4) is 0 Å². The van der Waals surface area contributed by atoms with Gasteiger partial charge in [0.15, 0.2) is 0 Å². The number of hydrogen-bond donors (Lipinski definition) is 1. The van der Waals surface area contributed by atoms with Crippen molar-refractivity contribution in [3.8, 4) is 0 Å².